The van der Waals surface area contributed by atoms with Crippen molar-refractivity contribution in [1.29, 1.82) is 0 Å². The fourth-order valence-corrected chi connectivity index (χ4v) is 2.91. The lowest BCUT2D eigenvalue weighted by Gasteiger charge is -2.21. The molecule has 0 radical (unpaired) electrons. The molecular weight excluding hydrogens is 304 g/mol. The van der Waals surface area contributed by atoms with E-state index in [-0.39, 0.29) is 5.91 Å². The summed E-state index contributed by atoms with van der Waals surface area (Å²) in [7, 11) is 0. The molecule has 1 amide bonds. The number of carbonyl (C=O) groups excluding carboxylic acids is 1. The zero-order chi connectivity index (χ0) is 13.5. The fraction of sp³-hybridized carbons (Fsp3) is 0.533. The van der Waals surface area contributed by atoms with Crippen LogP contribution < -0.4 is 10.6 Å². The Kier molecular flexibility index (Phi) is 5.86. The van der Waals surface area contributed by atoms with Gasteiger partial charge in [-0.05, 0) is 56.0 Å². The van der Waals surface area contributed by atoms with E-state index >= 15 is 0 Å². The minimum Gasteiger partial charge on any atom is -0.356 e. The minimum atomic E-state index is 0.196. The van der Waals surface area contributed by atoms with E-state index in [1.165, 1.54) is 5.56 Å². The van der Waals surface area contributed by atoms with Gasteiger partial charge in [0.05, 0.1) is 0 Å². The number of halogens is 1. The topological polar surface area (TPSA) is 41.1 Å². The van der Waals surface area contributed by atoms with Crippen LogP contribution in [0.5, 0.6) is 0 Å². The molecule has 1 heterocycles. The van der Waals surface area contributed by atoms with Gasteiger partial charge in [0.2, 0.25) is 5.91 Å². The number of rotatable bonds is 5. The summed E-state index contributed by atoms with van der Waals surface area (Å²) in [6.07, 6.45) is 3.82. The molecular formula is C15H21BrN2O. The van der Waals surface area contributed by atoms with Crippen LogP contribution in [0.4, 0.5) is 0 Å². The molecule has 0 unspecified atom stereocenters. The number of nitrogens with one attached hydrogen (secondary N) is 2. The van der Waals surface area contributed by atoms with Crippen LogP contribution >= 0.6 is 15.9 Å². The Balaban J connectivity index is 1.66. The van der Waals surface area contributed by atoms with Gasteiger partial charge in [0.25, 0.3) is 0 Å². The SMILES string of the molecule is O=C(CC1CCNCC1)NCCc1cccc(Br)c1. The van der Waals surface area contributed by atoms with E-state index in [9.17, 15) is 4.79 Å². The lowest BCUT2D eigenvalue weighted by Crippen LogP contribution is -2.33. The Morgan fingerprint density at radius 2 is 2.16 bits per heavy atom. The second-order valence-electron chi connectivity index (χ2n) is 5.13. The minimum absolute atomic E-state index is 0.196. The largest absolute Gasteiger partial charge is 0.356 e. The first-order valence-corrected chi connectivity index (χ1v) is 7.75. The quantitative estimate of drug-likeness (QED) is 0.873. The van der Waals surface area contributed by atoms with Crippen LogP contribution in [0.15, 0.2) is 28.7 Å². The number of hydrogen-bond acceptors (Lipinski definition) is 2. The fourth-order valence-electron chi connectivity index (χ4n) is 2.46. The van der Waals surface area contributed by atoms with Crippen molar-refractivity contribution in [1.82, 2.24) is 10.6 Å². The maximum atomic E-state index is 11.8. The van der Waals surface area contributed by atoms with Crippen molar-refractivity contribution >= 4 is 21.8 Å². The summed E-state index contributed by atoms with van der Waals surface area (Å²) in [6, 6.07) is 8.22. The Morgan fingerprint density at radius 3 is 2.89 bits per heavy atom. The summed E-state index contributed by atoms with van der Waals surface area (Å²) in [5, 5.41) is 6.35. The van der Waals surface area contributed by atoms with Crippen molar-refractivity contribution in [3.05, 3.63) is 34.3 Å². The second kappa shape index (κ2) is 7.65. The standard InChI is InChI=1S/C15H21BrN2O/c16-14-3-1-2-12(10-14)6-9-18-15(19)11-13-4-7-17-8-5-13/h1-3,10,13,17H,4-9,11H2,(H,18,19). The molecule has 104 valence electrons. The number of carbonyl (C=O) groups is 1. The molecule has 0 bridgehead atoms. The molecule has 3 nitrogen and oxygen atoms in total. The Hall–Kier alpha value is -0.870. The van der Waals surface area contributed by atoms with Crippen LogP contribution in [0.3, 0.4) is 0 Å². The molecule has 2 N–H and O–H groups in total. The highest BCUT2D eigenvalue weighted by atomic mass is 79.9. The molecule has 1 fully saturated rings. The summed E-state index contributed by atoms with van der Waals surface area (Å²) >= 11 is 3.46. The monoisotopic (exact) mass is 324 g/mol. The molecule has 1 aliphatic rings. The molecule has 0 atom stereocenters. The summed E-state index contributed by atoms with van der Waals surface area (Å²) < 4.78 is 1.09. The van der Waals surface area contributed by atoms with Crippen molar-refractivity contribution in [2.45, 2.75) is 25.7 Å². The van der Waals surface area contributed by atoms with Crippen molar-refractivity contribution in [2.24, 2.45) is 5.92 Å². The smallest absolute Gasteiger partial charge is 0.220 e. The van der Waals surface area contributed by atoms with Gasteiger partial charge in [-0.3, -0.25) is 4.79 Å². The zero-order valence-electron chi connectivity index (χ0n) is 11.1. The van der Waals surface area contributed by atoms with Crippen molar-refractivity contribution in [3.63, 3.8) is 0 Å². The van der Waals surface area contributed by atoms with Crippen LogP contribution in [0, 0.1) is 5.92 Å². The molecule has 4 heteroatoms. The highest BCUT2D eigenvalue weighted by Gasteiger charge is 2.16. The van der Waals surface area contributed by atoms with Crippen LogP contribution in [0.1, 0.15) is 24.8 Å². The summed E-state index contributed by atoms with van der Waals surface area (Å²) in [4.78, 5) is 11.8. The Morgan fingerprint density at radius 1 is 1.37 bits per heavy atom. The van der Waals surface area contributed by atoms with Crippen molar-refractivity contribution in [2.75, 3.05) is 19.6 Å². The molecule has 1 aromatic carbocycles. The van der Waals surface area contributed by atoms with E-state index in [4.69, 9.17) is 0 Å². The van der Waals surface area contributed by atoms with Crippen LogP contribution in [-0.4, -0.2) is 25.5 Å². The molecule has 1 saturated heterocycles. The molecule has 2 rings (SSSR count). The molecule has 0 aliphatic carbocycles. The lowest BCUT2D eigenvalue weighted by atomic mass is 9.94. The zero-order valence-corrected chi connectivity index (χ0v) is 12.7. The molecule has 1 aromatic rings. The van der Waals surface area contributed by atoms with Gasteiger partial charge in [-0.1, -0.05) is 28.1 Å². The summed E-state index contributed by atoms with van der Waals surface area (Å²) in [5.74, 6) is 0.758. The van der Waals surface area contributed by atoms with E-state index < -0.39 is 0 Å². The molecule has 0 aromatic heterocycles. The lowest BCUT2D eigenvalue weighted by molar-refractivity contribution is -0.122. The average Bonchev–Trinajstić information content (AvgIpc) is 2.40. The van der Waals surface area contributed by atoms with E-state index in [1.807, 2.05) is 12.1 Å². The van der Waals surface area contributed by atoms with Gasteiger partial charge in [0, 0.05) is 17.4 Å². The highest BCUT2D eigenvalue weighted by molar-refractivity contribution is 9.10. The van der Waals surface area contributed by atoms with Crippen LogP contribution in [0.2, 0.25) is 0 Å². The van der Waals surface area contributed by atoms with Crippen LogP contribution in [0.25, 0.3) is 0 Å². The first-order chi connectivity index (χ1) is 9.24. The van der Waals surface area contributed by atoms with Crippen molar-refractivity contribution < 1.29 is 4.79 Å². The molecule has 19 heavy (non-hydrogen) atoms. The number of benzene rings is 1. The van der Waals surface area contributed by atoms with Crippen LogP contribution in [-0.2, 0) is 11.2 Å². The first-order valence-electron chi connectivity index (χ1n) is 6.96. The molecule has 0 saturated carbocycles. The Bertz CT molecular complexity index is 416. The summed E-state index contributed by atoms with van der Waals surface area (Å²) in [6.45, 7) is 2.83. The summed E-state index contributed by atoms with van der Waals surface area (Å²) in [5.41, 5.74) is 1.25. The van der Waals surface area contributed by atoms with Gasteiger partial charge in [-0.2, -0.15) is 0 Å². The first kappa shape index (κ1) is 14.5. The van der Waals surface area contributed by atoms with Gasteiger partial charge in [-0.25, -0.2) is 0 Å². The maximum absolute atomic E-state index is 11.8. The van der Waals surface area contributed by atoms with E-state index in [0.29, 0.717) is 12.3 Å². The molecule has 1 aliphatic heterocycles. The van der Waals surface area contributed by atoms with E-state index in [0.717, 1.165) is 43.4 Å². The van der Waals surface area contributed by atoms with Gasteiger partial charge in [0.1, 0.15) is 0 Å². The van der Waals surface area contributed by atoms with E-state index in [2.05, 4.69) is 38.7 Å². The number of hydrogen-bond donors (Lipinski definition) is 2. The third-order valence-corrected chi connectivity index (χ3v) is 4.05. The van der Waals surface area contributed by atoms with Gasteiger partial charge in [0.15, 0.2) is 0 Å². The van der Waals surface area contributed by atoms with Gasteiger partial charge < -0.3 is 10.6 Å². The van der Waals surface area contributed by atoms with Crippen molar-refractivity contribution in [3.8, 4) is 0 Å². The third kappa shape index (κ3) is 5.33. The maximum Gasteiger partial charge on any atom is 0.220 e. The Labute approximate surface area is 123 Å². The number of piperidine rings is 1. The predicted octanol–water partition coefficient (Wildman–Crippen LogP) is 2.50. The average molecular weight is 325 g/mol. The normalized spacial score (nSPS) is 16.3. The second-order valence-corrected chi connectivity index (χ2v) is 6.04. The highest BCUT2D eigenvalue weighted by Crippen LogP contribution is 2.15. The van der Waals surface area contributed by atoms with E-state index in [1.54, 1.807) is 0 Å². The molecule has 0 spiro atoms. The van der Waals surface area contributed by atoms with Gasteiger partial charge >= 0.3 is 0 Å². The predicted molar refractivity (Wildman–Crippen MR) is 81.1 cm³/mol. The number of amides is 1. The third-order valence-electron chi connectivity index (χ3n) is 3.56. The van der Waals surface area contributed by atoms with Gasteiger partial charge in [-0.15, -0.1) is 0 Å².